The first-order valence-electron chi connectivity index (χ1n) is 5.63. The highest BCUT2D eigenvalue weighted by molar-refractivity contribution is 5.94. The Kier molecular flexibility index (Phi) is 2.01. The quantitative estimate of drug-likeness (QED) is 0.749. The van der Waals surface area contributed by atoms with Crippen LogP contribution in [0.2, 0.25) is 0 Å². The highest BCUT2D eigenvalue weighted by atomic mass is 16.1. The molecule has 1 amide bonds. The second-order valence-corrected chi connectivity index (χ2v) is 5.84. The molecule has 0 spiro atoms. The van der Waals surface area contributed by atoms with Crippen molar-refractivity contribution < 1.29 is 9.59 Å². The van der Waals surface area contributed by atoms with E-state index in [1.54, 1.807) is 0 Å². The van der Waals surface area contributed by atoms with Crippen molar-refractivity contribution in [1.29, 1.82) is 0 Å². The lowest BCUT2D eigenvalue weighted by molar-refractivity contribution is -0.134. The number of Topliss-reactive ketones (excluding diaryl/α,β-unsaturated/α-hetero) is 1. The van der Waals surface area contributed by atoms with Crippen molar-refractivity contribution in [2.24, 2.45) is 28.4 Å². The summed E-state index contributed by atoms with van der Waals surface area (Å²) in [6.07, 6.45) is 2.27. The van der Waals surface area contributed by atoms with E-state index in [0.29, 0.717) is 5.92 Å². The molecule has 0 heterocycles. The van der Waals surface area contributed by atoms with Crippen LogP contribution in [0, 0.1) is 22.7 Å². The Morgan fingerprint density at radius 3 is 2.47 bits per heavy atom. The summed E-state index contributed by atoms with van der Waals surface area (Å²) < 4.78 is 0. The van der Waals surface area contributed by atoms with Crippen molar-refractivity contribution in [2.45, 2.75) is 40.0 Å². The molecule has 3 heteroatoms. The molecule has 3 unspecified atom stereocenters. The zero-order valence-electron chi connectivity index (χ0n) is 9.67. The number of carbonyl (C=O) groups excluding carboxylic acids is 2. The average molecular weight is 209 g/mol. The molecule has 2 aliphatic rings. The van der Waals surface area contributed by atoms with Crippen LogP contribution < -0.4 is 5.73 Å². The monoisotopic (exact) mass is 209 g/mol. The first-order valence-corrected chi connectivity index (χ1v) is 5.63. The van der Waals surface area contributed by atoms with Gasteiger partial charge in [0.15, 0.2) is 0 Å². The highest BCUT2D eigenvalue weighted by Crippen LogP contribution is 2.66. The SMILES string of the molecule is CC12CCC(C(CC(N)=O)C1=O)C2(C)C. The number of nitrogens with two attached hydrogens (primary N) is 1. The van der Waals surface area contributed by atoms with Gasteiger partial charge >= 0.3 is 0 Å². The Balaban J connectivity index is 2.34. The van der Waals surface area contributed by atoms with Crippen LogP contribution in [0.15, 0.2) is 0 Å². The number of rotatable bonds is 2. The van der Waals surface area contributed by atoms with E-state index in [9.17, 15) is 9.59 Å². The van der Waals surface area contributed by atoms with Gasteiger partial charge in [-0.2, -0.15) is 0 Å². The Bertz CT molecular complexity index is 335. The van der Waals surface area contributed by atoms with Gasteiger partial charge in [-0.3, -0.25) is 9.59 Å². The predicted octanol–water partition coefficient (Wildman–Crippen LogP) is 1.50. The molecular weight excluding hydrogens is 190 g/mol. The third kappa shape index (κ3) is 1.12. The Labute approximate surface area is 90.4 Å². The standard InChI is InChI=1S/C12H19NO2/c1-11(2)8-4-5-12(11,3)10(15)7(8)6-9(13)14/h7-8H,4-6H2,1-3H3,(H2,13,14). The fraction of sp³-hybridized carbons (Fsp3) is 0.833. The lowest BCUT2D eigenvalue weighted by Crippen LogP contribution is -2.34. The Morgan fingerprint density at radius 2 is 2.07 bits per heavy atom. The van der Waals surface area contributed by atoms with E-state index in [4.69, 9.17) is 5.73 Å². The maximum Gasteiger partial charge on any atom is 0.218 e. The third-order valence-corrected chi connectivity index (χ3v) is 5.09. The molecule has 3 nitrogen and oxygen atoms in total. The Morgan fingerprint density at radius 1 is 1.47 bits per heavy atom. The molecule has 2 N–H and O–H groups in total. The average Bonchev–Trinajstić information content (AvgIpc) is 2.40. The van der Waals surface area contributed by atoms with Crippen molar-refractivity contribution in [2.75, 3.05) is 0 Å². The number of fused-ring (bicyclic) bond motifs is 2. The molecule has 0 aromatic carbocycles. The summed E-state index contributed by atoms with van der Waals surface area (Å²) in [7, 11) is 0. The topological polar surface area (TPSA) is 60.2 Å². The van der Waals surface area contributed by atoms with E-state index in [1.165, 1.54) is 0 Å². The molecule has 2 aliphatic carbocycles. The molecule has 0 aromatic rings. The van der Waals surface area contributed by atoms with Crippen LogP contribution in [-0.4, -0.2) is 11.7 Å². The van der Waals surface area contributed by atoms with Crippen LogP contribution in [0.25, 0.3) is 0 Å². The zero-order chi connectivity index (χ0) is 11.4. The van der Waals surface area contributed by atoms with Gasteiger partial charge in [0.05, 0.1) is 0 Å². The van der Waals surface area contributed by atoms with Gasteiger partial charge in [0.1, 0.15) is 5.78 Å². The maximum atomic E-state index is 12.2. The minimum atomic E-state index is -0.347. The second-order valence-electron chi connectivity index (χ2n) is 5.84. The van der Waals surface area contributed by atoms with Crippen LogP contribution in [0.5, 0.6) is 0 Å². The molecule has 0 aromatic heterocycles. The summed E-state index contributed by atoms with van der Waals surface area (Å²) in [4.78, 5) is 23.2. The van der Waals surface area contributed by atoms with Gasteiger partial charge in [0.25, 0.3) is 0 Å². The summed E-state index contributed by atoms with van der Waals surface area (Å²) in [5.41, 5.74) is 5.01. The molecule has 2 bridgehead atoms. The molecule has 0 saturated heterocycles. The first-order chi connectivity index (χ1) is 6.80. The van der Waals surface area contributed by atoms with Gasteiger partial charge in [-0.15, -0.1) is 0 Å². The molecule has 2 saturated carbocycles. The third-order valence-electron chi connectivity index (χ3n) is 5.09. The summed E-state index contributed by atoms with van der Waals surface area (Å²) in [6.45, 7) is 6.36. The normalized spacial score (nSPS) is 42.2. The van der Waals surface area contributed by atoms with E-state index in [2.05, 4.69) is 20.8 Å². The smallest absolute Gasteiger partial charge is 0.218 e. The first kappa shape index (κ1) is 10.7. The van der Waals surface area contributed by atoms with E-state index in [1.807, 2.05) is 0 Å². The molecule has 0 radical (unpaired) electrons. The predicted molar refractivity (Wildman–Crippen MR) is 56.9 cm³/mol. The van der Waals surface area contributed by atoms with Crippen LogP contribution >= 0.6 is 0 Å². The number of amides is 1. The fourth-order valence-corrected chi connectivity index (χ4v) is 3.72. The van der Waals surface area contributed by atoms with Crippen molar-refractivity contribution in [3.63, 3.8) is 0 Å². The second kappa shape index (κ2) is 2.83. The van der Waals surface area contributed by atoms with Gasteiger partial charge in [-0.05, 0) is 24.2 Å². The largest absolute Gasteiger partial charge is 0.370 e. The molecular formula is C12H19NO2. The number of hydrogen-bond acceptors (Lipinski definition) is 2. The van der Waals surface area contributed by atoms with Crippen molar-refractivity contribution in [1.82, 2.24) is 0 Å². The van der Waals surface area contributed by atoms with Gasteiger partial charge in [0, 0.05) is 17.8 Å². The van der Waals surface area contributed by atoms with Crippen LogP contribution in [-0.2, 0) is 9.59 Å². The van der Waals surface area contributed by atoms with E-state index >= 15 is 0 Å². The van der Waals surface area contributed by atoms with Crippen molar-refractivity contribution in [3.8, 4) is 0 Å². The van der Waals surface area contributed by atoms with E-state index < -0.39 is 0 Å². The molecule has 3 atom stereocenters. The molecule has 15 heavy (non-hydrogen) atoms. The Hall–Kier alpha value is -0.860. The minimum Gasteiger partial charge on any atom is -0.370 e. The van der Waals surface area contributed by atoms with Gasteiger partial charge in [0.2, 0.25) is 5.91 Å². The lowest BCUT2D eigenvalue weighted by atomic mass is 9.70. The van der Waals surface area contributed by atoms with Crippen LogP contribution in [0.3, 0.4) is 0 Å². The molecule has 2 fully saturated rings. The maximum absolute atomic E-state index is 12.2. The molecule has 84 valence electrons. The summed E-state index contributed by atoms with van der Waals surface area (Å²) in [5, 5.41) is 0. The fourth-order valence-electron chi connectivity index (χ4n) is 3.72. The zero-order valence-corrected chi connectivity index (χ0v) is 9.67. The number of carbonyl (C=O) groups is 2. The highest BCUT2D eigenvalue weighted by Gasteiger charge is 2.65. The summed E-state index contributed by atoms with van der Waals surface area (Å²) in [5.74, 6) is 0.154. The van der Waals surface area contributed by atoms with E-state index in [0.717, 1.165) is 12.8 Å². The van der Waals surface area contributed by atoms with Gasteiger partial charge in [-0.1, -0.05) is 20.8 Å². The van der Waals surface area contributed by atoms with Crippen molar-refractivity contribution in [3.05, 3.63) is 0 Å². The van der Waals surface area contributed by atoms with Crippen LogP contribution in [0.4, 0.5) is 0 Å². The number of ketones is 1. The van der Waals surface area contributed by atoms with Gasteiger partial charge < -0.3 is 5.73 Å². The number of primary amides is 1. The summed E-state index contributed by atoms with van der Waals surface area (Å²) >= 11 is 0. The molecule has 2 rings (SSSR count). The minimum absolute atomic E-state index is 0.0319. The van der Waals surface area contributed by atoms with Gasteiger partial charge in [-0.25, -0.2) is 0 Å². The van der Waals surface area contributed by atoms with Crippen LogP contribution in [0.1, 0.15) is 40.0 Å². The van der Waals surface area contributed by atoms with Crippen molar-refractivity contribution >= 4 is 11.7 Å². The molecule has 0 aliphatic heterocycles. The lowest BCUT2D eigenvalue weighted by Gasteiger charge is -2.32. The number of hydrogen-bond donors (Lipinski definition) is 1. The van der Waals surface area contributed by atoms with E-state index in [-0.39, 0.29) is 34.9 Å². The summed E-state index contributed by atoms with van der Waals surface area (Å²) in [6, 6.07) is 0.